The van der Waals surface area contributed by atoms with Crippen LogP contribution in [0.15, 0.2) is 0 Å². The van der Waals surface area contributed by atoms with Crippen LogP contribution < -0.4 is 10.6 Å². The summed E-state index contributed by atoms with van der Waals surface area (Å²) in [6.07, 6.45) is 14.6. The molecule has 1 heterocycles. The second kappa shape index (κ2) is 14.4. The molecule has 0 radical (unpaired) electrons. The van der Waals surface area contributed by atoms with Crippen LogP contribution >= 0.6 is 0 Å². The summed E-state index contributed by atoms with van der Waals surface area (Å²) in [5.74, 6) is 0.511. The molecule has 1 saturated heterocycles. The van der Waals surface area contributed by atoms with E-state index >= 15 is 0 Å². The van der Waals surface area contributed by atoms with Crippen molar-refractivity contribution >= 4 is 5.91 Å². The van der Waals surface area contributed by atoms with Crippen LogP contribution in [-0.2, 0) is 4.79 Å². The predicted molar refractivity (Wildman–Crippen MR) is 107 cm³/mol. The lowest BCUT2D eigenvalue weighted by molar-refractivity contribution is -0.126. The summed E-state index contributed by atoms with van der Waals surface area (Å²) in [4.78, 5) is 12.3. The van der Waals surface area contributed by atoms with Crippen molar-refractivity contribution in [2.24, 2.45) is 5.92 Å². The first-order valence-corrected chi connectivity index (χ1v) is 10.9. The molecule has 4 N–H and O–H groups in total. The lowest BCUT2D eigenvalue weighted by Crippen LogP contribution is -2.54. The van der Waals surface area contributed by atoms with Gasteiger partial charge in [0.25, 0.3) is 0 Å². The van der Waals surface area contributed by atoms with Gasteiger partial charge in [-0.2, -0.15) is 0 Å². The van der Waals surface area contributed by atoms with Crippen LogP contribution in [0.4, 0.5) is 0 Å². The fraction of sp³-hybridized carbons (Fsp3) is 0.952. The van der Waals surface area contributed by atoms with E-state index in [1.54, 1.807) is 6.92 Å². The summed E-state index contributed by atoms with van der Waals surface area (Å²) in [5, 5.41) is 24.8. The number of rotatable bonds is 14. The summed E-state index contributed by atoms with van der Waals surface area (Å²) < 4.78 is 0. The third-order valence-electron chi connectivity index (χ3n) is 5.65. The highest BCUT2D eigenvalue weighted by Gasteiger charge is 2.28. The molecule has 26 heavy (non-hydrogen) atoms. The van der Waals surface area contributed by atoms with Crippen LogP contribution in [0.25, 0.3) is 0 Å². The Balaban J connectivity index is 2.14. The zero-order valence-electron chi connectivity index (χ0n) is 17.0. The number of aliphatic hydroxyl groups excluding tert-OH is 2. The van der Waals surface area contributed by atoms with E-state index in [1.165, 1.54) is 64.2 Å². The Morgan fingerprint density at radius 2 is 1.73 bits per heavy atom. The van der Waals surface area contributed by atoms with Crippen LogP contribution in [0.1, 0.15) is 90.9 Å². The van der Waals surface area contributed by atoms with E-state index in [-0.39, 0.29) is 18.6 Å². The summed E-state index contributed by atoms with van der Waals surface area (Å²) in [5.41, 5.74) is 0. The summed E-state index contributed by atoms with van der Waals surface area (Å²) >= 11 is 0. The van der Waals surface area contributed by atoms with Gasteiger partial charge in [-0.25, -0.2) is 0 Å². The molecule has 0 spiro atoms. The number of piperidine rings is 1. The molecule has 154 valence electrons. The number of hydrogen-bond acceptors (Lipinski definition) is 4. The normalized spacial score (nSPS) is 22.8. The number of unbranched alkanes of at least 4 members (excludes halogenated alkanes) is 8. The second-order valence-corrected chi connectivity index (χ2v) is 8.05. The molecule has 0 aliphatic carbocycles. The van der Waals surface area contributed by atoms with Crippen LogP contribution in [0.2, 0.25) is 0 Å². The maximum atomic E-state index is 12.3. The maximum Gasteiger partial charge on any atom is 0.237 e. The molecule has 0 aromatic carbocycles. The molecule has 4 atom stereocenters. The first-order chi connectivity index (χ1) is 12.6. The smallest absolute Gasteiger partial charge is 0.237 e. The Morgan fingerprint density at radius 1 is 1.12 bits per heavy atom. The highest BCUT2D eigenvalue weighted by molar-refractivity contribution is 5.82. The first kappa shape index (κ1) is 23.4. The van der Waals surface area contributed by atoms with Gasteiger partial charge in [0.1, 0.15) is 0 Å². The van der Waals surface area contributed by atoms with Crippen molar-refractivity contribution in [1.82, 2.24) is 10.6 Å². The average molecular weight is 371 g/mol. The molecular weight excluding hydrogens is 328 g/mol. The third kappa shape index (κ3) is 9.89. The number of nitrogens with one attached hydrogen (secondary N) is 2. The van der Waals surface area contributed by atoms with Gasteiger partial charge in [0, 0.05) is 0 Å². The van der Waals surface area contributed by atoms with E-state index in [0.717, 1.165) is 19.4 Å². The lowest BCUT2D eigenvalue weighted by Gasteiger charge is -2.31. The van der Waals surface area contributed by atoms with E-state index in [2.05, 4.69) is 17.6 Å². The fourth-order valence-electron chi connectivity index (χ4n) is 3.80. The standard InChI is InChI=1S/C21H42N2O3/c1-3-4-5-6-7-8-9-10-11-12-18-13-14-22-19(15-18)21(26)23-20(16-24)17(2)25/h17-20,22,24-25H,3-16H2,1-2H3,(H,23,26)/t17-,18?,19?,20-/m1/s1. The van der Waals surface area contributed by atoms with Gasteiger partial charge in [-0.1, -0.05) is 71.1 Å². The fourth-order valence-corrected chi connectivity index (χ4v) is 3.80. The molecule has 1 fully saturated rings. The van der Waals surface area contributed by atoms with Gasteiger partial charge in [-0.05, 0) is 32.2 Å². The highest BCUT2D eigenvalue weighted by Crippen LogP contribution is 2.23. The SMILES string of the molecule is CCCCCCCCCCCC1CCNC(C(=O)N[C@H](CO)[C@@H](C)O)C1. The van der Waals surface area contributed by atoms with Gasteiger partial charge >= 0.3 is 0 Å². The minimum Gasteiger partial charge on any atom is -0.394 e. The molecule has 0 aromatic heterocycles. The van der Waals surface area contributed by atoms with Gasteiger partial charge in [0.2, 0.25) is 5.91 Å². The molecule has 0 aromatic rings. The maximum absolute atomic E-state index is 12.3. The highest BCUT2D eigenvalue weighted by atomic mass is 16.3. The quantitative estimate of drug-likeness (QED) is 0.354. The minimum atomic E-state index is -0.745. The molecule has 0 bridgehead atoms. The van der Waals surface area contributed by atoms with Crippen LogP contribution in [0.5, 0.6) is 0 Å². The minimum absolute atomic E-state index is 0.0956. The van der Waals surface area contributed by atoms with Crippen LogP contribution in [0.3, 0.4) is 0 Å². The van der Waals surface area contributed by atoms with Crippen molar-refractivity contribution in [3.05, 3.63) is 0 Å². The van der Waals surface area contributed by atoms with E-state index in [9.17, 15) is 15.0 Å². The summed E-state index contributed by atoms with van der Waals surface area (Å²) in [6.45, 7) is 4.48. The molecule has 1 aliphatic heterocycles. The zero-order chi connectivity index (χ0) is 19.2. The Hall–Kier alpha value is -0.650. The van der Waals surface area contributed by atoms with Gasteiger partial charge < -0.3 is 20.8 Å². The largest absolute Gasteiger partial charge is 0.394 e. The summed E-state index contributed by atoms with van der Waals surface area (Å²) in [6, 6.07) is -0.776. The molecule has 0 saturated carbocycles. The van der Waals surface area contributed by atoms with Crippen molar-refractivity contribution in [3.8, 4) is 0 Å². The number of carbonyl (C=O) groups is 1. The van der Waals surface area contributed by atoms with Gasteiger partial charge in [0.05, 0.1) is 24.8 Å². The van der Waals surface area contributed by atoms with Crippen molar-refractivity contribution in [2.75, 3.05) is 13.2 Å². The zero-order valence-corrected chi connectivity index (χ0v) is 17.0. The van der Waals surface area contributed by atoms with E-state index < -0.39 is 12.1 Å². The molecule has 1 aliphatic rings. The van der Waals surface area contributed by atoms with E-state index in [4.69, 9.17) is 0 Å². The molecule has 5 heteroatoms. The number of carbonyl (C=O) groups excluding carboxylic acids is 1. The molecule has 1 rings (SSSR count). The molecule has 1 amide bonds. The second-order valence-electron chi connectivity index (χ2n) is 8.05. The number of hydrogen-bond donors (Lipinski definition) is 4. The van der Waals surface area contributed by atoms with Crippen molar-refractivity contribution in [1.29, 1.82) is 0 Å². The van der Waals surface area contributed by atoms with Gasteiger partial charge in [0.15, 0.2) is 0 Å². The monoisotopic (exact) mass is 370 g/mol. The van der Waals surface area contributed by atoms with Crippen molar-refractivity contribution in [2.45, 2.75) is 109 Å². The topological polar surface area (TPSA) is 81.6 Å². The molecule has 2 unspecified atom stereocenters. The Labute approximate surface area is 160 Å². The molecule has 5 nitrogen and oxygen atoms in total. The van der Waals surface area contributed by atoms with Gasteiger partial charge in [-0.3, -0.25) is 4.79 Å². The van der Waals surface area contributed by atoms with E-state index in [0.29, 0.717) is 5.92 Å². The number of aliphatic hydroxyl groups is 2. The van der Waals surface area contributed by atoms with Crippen molar-refractivity contribution < 1.29 is 15.0 Å². The average Bonchev–Trinajstić information content (AvgIpc) is 2.64. The summed E-state index contributed by atoms with van der Waals surface area (Å²) in [7, 11) is 0. The Bertz CT molecular complexity index is 363. The lowest BCUT2D eigenvalue weighted by atomic mass is 9.87. The third-order valence-corrected chi connectivity index (χ3v) is 5.65. The first-order valence-electron chi connectivity index (χ1n) is 10.9. The Morgan fingerprint density at radius 3 is 2.31 bits per heavy atom. The van der Waals surface area contributed by atoms with Crippen LogP contribution in [-0.4, -0.2) is 47.5 Å². The number of amides is 1. The molecular formula is C21H42N2O3. The van der Waals surface area contributed by atoms with Crippen LogP contribution in [0, 0.1) is 5.92 Å². The van der Waals surface area contributed by atoms with E-state index in [1.807, 2.05) is 0 Å². The Kier molecular flexibility index (Phi) is 13.0. The van der Waals surface area contributed by atoms with Crippen molar-refractivity contribution in [3.63, 3.8) is 0 Å². The predicted octanol–water partition coefficient (Wildman–Crippen LogP) is 3.13. The van der Waals surface area contributed by atoms with Gasteiger partial charge in [-0.15, -0.1) is 0 Å².